The van der Waals surface area contributed by atoms with E-state index < -0.39 is 0 Å². The molecule has 3 rings (SSSR count). The minimum atomic E-state index is -0.00965. The first-order valence-electron chi connectivity index (χ1n) is 8.45. The molecule has 2 bridgehead atoms. The van der Waals surface area contributed by atoms with Gasteiger partial charge in [-0.25, -0.2) is 0 Å². The van der Waals surface area contributed by atoms with Crippen molar-refractivity contribution < 1.29 is 9.47 Å². The van der Waals surface area contributed by atoms with Crippen LogP contribution in [0.5, 0.6) is 0 Å². The van der Waals surface area contributed by atoms with Crippen LogP contribution < -0.4 is 0 Å². The predicted octanol–water partition coefficient (Wildman–Crippen LogP) is 4.49. The van der Waals surface area contributed by atoms with Gasteiger partial charge in [0.2, 0.25) is 0 Å². The number of ether oxygens (including phenoxy) is 2. The Labute approximate surface area is 128 Å². The smallest absolute Gasteiger partial charge is 0.162 e. The second-order valence-corrected chi connectivity index (χ2v) is 6.83. The van der Waals surface area contributed by atoms with Gasteiger partial charge in [-0.2, -0.15) is 0 Å². The molecule has 0 aromatic carbocycles. The number of fused-ring (bicyclic) bond motifs is 2. The zero-order valence-electron chi connectivity index (χ0n) is 13.1. The molecule has 7 atom stereocenters. The molecule has 0 N–H and O–H groups in total. The molecule has 2 heteroatoms. The molecule has 1 unspecified atom stereocenters. The highest BCUT2D eigenvalue weighted by atomic mass is 16.7. The van der Waals surface area contributed by atoms with Gasteiger partial charge in [0.25, 0.3) is 0 Å². The fourth-order valence-corrected chi connectivity index (χ4v) is 4.36. The quantitative estimate of drug-likeness (QED) is 0.643. The first-order valence-corrected chi connectivity index (χ1v) is 8.45. The molecule has 1 saturated carbocycles. The van der Waals surface area contributed by atoms with Crippen molar-refractivity contribution in [2.75, 3.05) is 0 Å². The highest BCUT2D eigenvalue weighted by molar-refractivity contribution is 5.13. The van der Waals surface area contributed by atoms with Gasteiger partial charge in [-0.15, -0.1) is 13.2 Å². The molecule has 0 aromatic heterocycles. The summed E-state index contributed by atoms with van der Waals surface area (Å²) in [6.45, 7) is 10.0. The van der Waals surface area contributed by atoms with Crippen molar-refractivity contribution in [3.63, 3.8) is 0 Å². The maximum absolute atomic E-state index is 6.34. The van der Waals surface area contributed by atoms with E-state index in [1.54, 1.807) is 0 Å². The second-order valence-electron chi connectivity index (χ2n) is 6.83. The average Bonchev–Trinajstić information content (AvgIpc) is 3.17. The first-order chi connectivity index (χ1) is 10.2. The number of hydrogen-bond donors (Lipinski definition) is 0. The lowest BCUT2D eigenvalue weighted by Crippen LogP contribution is -2.31. The van der Waals surface area contributed by atoms with Gasteiger partial charge < -0.3 is 9.47 Å². The predicted molar refractivity (Wildman–Crippen MR) is 85.8 cm³/mol. The lowest BCUT2D eigenvalue weighted by atomic mass is 9.84. The zero-order valence-corrected chi connectivity index (χ0v) is 13.1. The van der Waals surface area contributed by atoms with E-state index in [2.05, 4.69) is 32.2 Å². The van der Waals surface area contributed by atoms with Gasteiger partial charge >= 0.3 is 0 Å². The van der Waals surface area contributed by atoms with Crippen molar-refractivity contribution in [2.45, 2.75) is 57.5 Å². The molecule has 0 amide bonds. The summed E-state index contributed by atoms with van der Waals surface area (Å²) in [4.78, 5) is 0. The normalized spacial score (nSPS) is 44.3. The Hall–Kier alpha value is -0.860. The summed E-state index contributed by atoms with van der Waals surface area (Å²) in [5, 5.41) is 0. The van der Waals surface area contributed by atoms with Crippen molar-refractivity contribution in [1.29, 1.82) is 0 Å². The van der Waals surface area contributed by atoms with E-state index in [0.717, 1.165) is 31.6 Å². The Bertz CT molecular complexity index is 394. The van der Waals surface area contributed by atoms with Gasteiger partial charge in [-0.05, 0) is 49.9 Å². The summed E-state index contributed by atoms with van der Waals surface area (Å²) in [5.41, 5.74) is 0. The lowest BCUT2D eigenvalue weighted by molar-refractivity contribution is -0.121. The molecule has 1 saturated heterocycles. The number of allylic oxidation sites excluding steroid dienone is 4. The van der Waals surface area contributed by atoms with E-state index in [4.69, 9.17) is 9.47 Å². The van der Waals surface area contributed by atoms with Crippen LogP contribution in [0.1, 0.15) is 39.0 Å². The third-order valence-electron chi connectivity index (χ3n) is 5.58. The van der Waals surface area contributed by atoms with Crippen molar-refractivity contribution in [3.05, 3.63) is 37.5 Å². The average molecular weight is 288 g/mol. The zero-order chi connectivity index (χ0) is 14.8. The van der Waals surface area contributed by atoms with Crippen LogP contribution in [0, 0.1) is 23.7 Å². The summed E-state index contributed by atoms with van der Waals surface area (Å²) in [7, 11) is 0. The first kappa shape index (κ1) is 15.1. The highest BCUT2D eigenvalue weighted by Crippen LogP contribution is 2.51. The van der Waals surface area contributed by atoms with Gasteiger partial charge in [0.05, 0.1) is 12.2 Å². The standard InChI is InChI=1S/C19H28O2/c1-4-6-8-16-17(9-7-5-2)21-19(20-16)18-13(3)14-10-11-15(18)12-14/h4-5,10-11,13-19H,1-2,6-9,12H2,3H3/t13-,14+,15-,16-,17+,18+,19?/m0/s1. The molecule has 2 fully saturated rings. The molecular weight excluding hydrogens is 260 g/mol. The Morgan fingerprint density at radius 1 is 1.00 bits per heavy atom. The Balaban J connectivity index is 1.65. The minimum absolute atomic E-state index is 0.00965. The minimum Gasteiger partial charge on any atom is -0.346 e. The number of rotatable bonds is 7. The number of hydrogen-bond acceptors (Lipinski definition) is 2. The SMILES string of the molecule is C=CCC[C@@H]1OC([C@@H]2[C@@H](C)[C@@H]3C=C[C@H]2C3)O[C@@H]1CCC=C. The molecule has 3 aliphatic rings. The van der Waals surface area contributed by atoms with Crippen LogP contribution in [-0.4, -0.2) is 18.5 Å². The summed E-state index contributed by atoms with van der Waals surface area (Å²) in [6.07, 6.45) is 14.5. The van der Waals surface area contributed by atoms with Crippen molar-refractivity contribution in [2.24, 2.45) is 23.7 Å². The van der Waals surface area contributed by atoms with E-state index in [1.807, 2.05) is 12.2 Å². The van der Waals surface area contributed by atoms with Crippen molar-refractivity contribution in [3.8, 4) is 0 Å². The third kappa shape index (κ3) is 2.89. The molecule has 0 aromatic rings. The van der Waals surface area contributed by atoms with Gasteiger partial charge in [-0.1, -0.05) is 31.2 Å². The molecule has 0 radical (unpaired) electrons. The molecule has 21 heavy (non-hydrogen) atoms. The lowest BCUT2D eigenvalue weighted by Gasteiger charge is -2.29. The molecule has 116 valence electrons. The van der Waals surface area contributed by atoms with E-state index in [0.29, 0.717) is 17.8 Å². The molecule has 1 heterocycles. The Morgan fingerprint density at radius 2 is 1.57 bits per heavy atom. The van der Waals surface area contributed by atoms with Gasteiger partial charge in [0.15, 0.2) is 6.29 Å². The molecule has 0 spiro atoms. The van der Waals surface area contributed by atoms with Crippen LogP contribution >= 0.6 is 0 Å². The van der Waals surface area contributed by atoms with Crippen LogP contribution in [0.3, 0.4) is 0 Å². The Morgan fingerprint density at radius 3 is 2.05 bits per heavy atom. The van der Waals surface area contributed by atoms with Crippen LogP contribution in [0.25, 0.3) is 0 Å². The van der Waals surface area contributed by atoms with E-state index in [1.165, 1.54) is 6.42 Å². The molecule has 2 nitrogen and oxygen atoms in total. The van der Waals surface area contributed by atoms with E-state index in [-0.39, 0.29) is 18.5 Å². The fourth-order valence-electron chi connectivity index (χ4n) is 4.36. The summed E-state index contributed by atoms with van der Waals surface area (Å²) in [6, 6.07) is 0. The largest absolute Gasteiger partial charge is 0.346 e. The Kier molecular flexibility index (Phi) is 4.66. The second kappa shape index (κ2) is 6.50. The third-order valence-corrected chi connectivity index (χ3v) is 5.58. The van der Waals surface area contributed by atoms with Crippen molar-refractivity contribution in [1.82, 2.24) is 0 Å². The van der Waals surface area contributed by atoms with E-state index in [9.17, 15) is 0 Å². The van der Waals surface area contributed by atoms with Crippen LogP contribution in [-0.2, 0) is 9.47 Å². The topological polar surface area (TPSA) is 18.5 Å². The molecular formula is C19H28O2. The molecule has 1 aliphatic heterocycles. The maximum atomic E-state index is 6.34. The van der Waals surface area contributed by atoms with Crippen molar-refractivity contribution >= 4 is 0 Å². The van der Waals surface area contributed by atoms with E-state index >= 15 is 0 Å². The summed E-state index contributed by atoms with van der Waals surface area (Å²) >= 11 is 0. The van der Waals surface area contributed by atoms with Crippen LogP contribution in [0.15, 0.2) is 37.5 Å². The van der Waals surface area contributed by atoms with Crippen LogP contribution in [0.4, 0.5) is 0 Å². The van der Waals surface area contributed by atoms with Crippen LogP contribution in [0.2, 0.25) is 0 Å². The summed E-state index contributed by atoms with van der Waals surface area (Å²) < 4.78 is 12.7. The monoisotopic (exact) mass is 288 g/mol. The maximum Gasteiger partial charge on any atom is 0.162 e. The summed E-state index contributed by atoms with van der Waals surface area (Å²) in [5.74, 6) is 2.63. The highest BCUT2D eigenvalue weighted by Gasteiger charge is 2.50. The molecule has 2 aliphatic carbocycles. The van der Waals surface area contributed by atoms with Gasteiger partial charge in [0, 0.05) is 5.92 Å². The van der Waals surface area contributed by atoms with Gasteiger partial charge in [0.1, 0.15) is 0 Å². The fraction of sp³-hybridized carbons (Fsp3) is 0.684. The van der Waals surface area contributed by atoms with Gasteiger partial charge in [-0.3, -0.25) is 0 Å².